The summed E-state index contributed by atoms with van der Waals surface area (Å²) in [6.07, 6.45) is 6.99. The predicted octanol–water partition coefficient (Wildman–Crippen LogP) is 5.14. The molecule has 0 fully saturated rings. The lowest BCUT2D eigenvalue weighted by molar-refractivity contribution is 0.201. The molecule has 1 unspecified atom stereocenters. The molecule has 4 nitrogen and oxygen atoms in total. The Morgan fingerprint density at radius 3 is 2.62 bits per heavy atom. The molecule has 1 aliphatic rings. The van der Waals surface area contributed by atoms with Crippen molar-refractivity contribution >= 4 is 22.7 Å². The van der Waals surface area contributed by atoms with Gasteiger partial charge in [-0.25, -0.2) is 9.97 Å². The number of thioether (sulfide) groups is 1. The number of aryl methyl sites for hydroxylation is 1. The minimum absolute atomic E-state index is 0.201. The fraction of sp³-hybridized carbons (Fsp3) is 0.250. The maximum atomic E-state index is 4.47. The van der Waals surface area contributed by atoms with Gasteiger partial charge in [0, 0.05) is 47.6 Å². The number of hydrogen-bond acceptors (Lipinski definition) is 4. The number of aromatic nitrogens is 3. The zero-order chi connectivity index (χ0) is 19.8. The number of aromatic amines is 1. The Morgan fingerprint density at radius 2 is 1.83 bits per heavy atom. The van der Waals surface area contributed by atoms with E-state index in [2.05, 4.69) is 75.3 Å². The summed E-state index contributed by atoms with van der Waals surface area (Å²) in [5.41, 5.74) is 7.85. The average Bonchev–Trinajstić information content (AvgIpc) is 3.13. The Labute approximate surface area is 175 Å². The van der Waals surface area contributed by atoms with Crippen LogP contribution in [-0.4, -0.2) is 32.7 Å². The maximum absolute atomic E-state index is 4.47. The summed E-state index contributed by atoms with van der Waals surface area (Å²) in [5, 5.41) is 2.18. The van der Waals surface area contributed by atoms with Gasteiger partial charge >= 0.3 is 0 Å². The van der Waals surface area contributed by atoms with E-state index in [0.717, 1.165) is 30.2 Å². The Bertz CT molecular complexity index is 1150. The second-order valence-electron chi connectivity index (χ2n) is 7.62. The van der Waals surface area contributed by atoms with Gasteiger partial charge in [-0.2, -0.15) is 0 Å². The lowest BCUT2D eigenvalue weighted by Gasteiger charge is -2.37. The van der Waals surface area contributed by atoms with Gasteiger partial charge in [-0.15, -0.1) is 0 Å². The van der Waals surface area contributed by atoms with E-state index in [9.17, 15) is 0 Å². The van der Waals surface area contributed by atoms with Crippen molar-refractivity contribution in [1.29, 1.82) is 0 Å². The molecule has 2 aromatic heterocycles. The van der Waals surface area contributed by atoms with E-state index in [0.29, 0.717) is 0 Å². The zero-order valence-corrected chi connectivity index (χ0v) is 17.5. The number of fused-ring (bicyclic) bond motifs is 3. The van der Waals surface area contributed by atoms with Crippen molar-refractivity contribution in [2.75, 3.05) is 12.8 Å². The van der Waals surface area contributed by atoms with Gasteiger partial charge < -0.3 is 4.98 Å². The van der Waals surface area contributed by atoms with E-state index < -0.39 is 0 Å². The third-order valence-corrected chi connectivity index (χ3v) is 6.44. The smallest absolute Gasteiger partial charge is 0.187 e. The number of nitrogens with one attached hydrogen (secondary N) is 1. The quantitative estimate of drug-likeness (QED) is 0.381. The lowest BCUT2D eigenvalue weighted by atomic mass is 9.90. The molecule has 2 aromatic carbocycles. The summed E-state index contributed by atoms with van der Waals surface area (Å²) in [7, 11) is 0. The summed E-state index contributed by atoms with van der Waals surface area (Å²) in [5.74, 6) is 0. The van der Waals surface area contributed by atoms with Gasteiger partial charge in [0.2, 0.25) is 0 Å². The first-order valence-electron chi connectivity index (χ1n) is 9.98. The normalized spacial score (nSPS) is 16.8. The van der Waals surface area contributed by atoms with E-state index in [1.807, 2.05) is 18.6 Å². The van der Waals surface area contributed by atoms with Gasteiger partial charge in [0.1, 0.15) is 0 Å². The highest BCUT2D eigenvalue weighted by Crippen LogP contribution is 2.39. The molecule has 0 aliphatic carbocycles. The van der Waals surface area contributed by atoms with Crippen molar-refractivity contribution in [3.63, 3.8) is 0 Å². The Hall–Kier alpha value is -2.63. The van der Waals surface area contributed by atoms with Gasteiger partial charge in [-0.3, -0.25) is 4.90 Å². The molecular weight excluding hydrogens is 376 g/mol. The van der Waals surface area contributed by atoms with E-state index in [1.54, 1.807) is 11.8 Å². The molecule has 146 valence electrons. The van der Waals surface area contributed by atoms with Crippen molar-refractivity contribution in [2.24, 2.45) is 0 Å². The van der Waals surface area contributed by atoms with Crippen LogP contribution in [0, 0.1) is 6.92 Å². The Morgan fingerprint density at radius 1 is 1.07 bits per heavy atom. The molecule has 0 radical (unpaired) electrons. The third-order valence-electron chi connectivity index (χ3n) is 5.87. The van der Waals surface area contributed by atoms with Crippen molar-refractivity contribution < 1.29 is 0 Å². The fourth-order valence-electron chi connectivity index (χ4n) is 4.47. The summed E-state index contributed by atoms with van der Waals surface area (Å²) >= 11 is 1.58. The number of nitrogens with zero attached hydrogens (tertiary/aromatic N) is 3. The minimum atomic E-state index is 0.201. The van der Waals surface area contributed by atoms with E-state index >= 15 is 0 Å². The van der Waals surface area contributed by atoms with Crippen LogP contribution in [0.3, 0.4) is 0 Å². The molecule has 1 atom stereocenters. The van der Waals surface area contributed by atoms with Crippen LogP contribution in [0.5, 0.6) is 0 Å². The summed E-state index contributed by atoms with van der Waals surface area (Å²) in [6, 6.07) is 17.6. The van der Waals surface area contributed by atoms with Crippen LogP contribution in [0.15, 0.2) is 66.1 Å². The van der Waals surface area contributed by atoms with Crippen LogP contribution in [-0.2, 0) is 13.0 Å². The number of benzene rings is 2. The van der Waals surface area contributed by atoms with Crippen LogP contribution >= 0.6 is 11.8 Å². The first-order chi connectivity index (χ1) is 14.2. The van der Waals surface area contributed by atoms with Gasteiger partial charge in [0.15, 0.2) is 5.16 Å². The molecule has 0 saturated carbocycles. The predicted molar refractivity (Wildman–Crippen MR) is 119 cm³/mol. The average molecular weight is 401 g/mol. The van der Waals surface area contributed by atoms with Gasteiger partial charge in [0.05, 0.1) is 6.04 Å². The third kappa shape index (κ3) is 3.34. The number of hydrogen-bond donors (Lipinski definition) is 1. The molecule has 5 heteroatoms. The van der Waals surface area contributed by atoms with Crippen molar-refractivity contribution in [1.82, 2.24) is 19.9 Å². The Kier molecular flexibility index (Phi) is 4.86. The second kappa shape index (κ2) is 7.65. The zero-order valence-electron chi connectivity index (χ0n) is 16.7. The fourth-order valence-corrected chi connectivity index (χ4v) is 4.79. The van der Waals surface area contributed by atoms with Gasteiger partial charge in [0.25, 0.3) is 0 Å². The Balaban J connectivity index is 1.59. The van der Waals surface area contributed by atoms with Crippen LogP contribution in [0.2, 0.25) is 0 Å². The number of para-hydroxylation sites is 1. The molecule has 0 amide bonds. The van der Waals surface area contributed by atoms with Crippen LogP contribution in [0.4, 0.5) is 0 Å². The maximum Gasteiger partial charge on any atom is 0.187 e. The minimum Gasteiger partial charge on any atom is -0.357 e. The first kappa shape index (κ1) is 18.4. The number of H-pyrrole nitrogens is 1. The first-order valence-corrected chi connectivity index (χ1v) is 11.2. The molecule has 4 aromatic rings. The molecule has 5 rings (SSSR count). The van der Waals surface area contributed by atoms with Crippen molar-refractivity contribution in [3.8, 4) is 0 Å². The highest BCUT2D eigenvalue weighted by Gasteiger charge is 2.32. The summed E-state index contributed by atoms with van der Waals surface area (Å²) in [6.45, 7) is 4.06. The van der Waals surface area contributed by atoms with Crippen LogP contribution in [0.1, 0.15) is 34.0 Å². The monoisotopic (exact) mass is 400 g/mol. The lowest BCUT2D eigenvalue weighted by Crippen LogP contribution is -2.36. The van der Waals surface area contributed by atoms with E-state index in [4.69, 9.17) is 0 Å². The van der Waals surface area contributed by atoms with E-state index in [-0.39, 0.29) is 6.04 Å². The van der Waals surface area contributed by atoms with Crippen LogP contribution < -0.4 is 0 Å². The molecule has 0 bridgehead atoms. The SMILES string of the molecule is CSc1ncc(CN2CCc3c([nH]c4ccccc34)C2c2ccccc2C)cn1. The van der Waals surface area contributed by atoms with Crippen molar-refractivity contribution in [2.45, 2.75) is 31.1 Å². The van der Waals surface area contributed by atoms with Gasteiger partial charge in [-0.1, -0.05) is 54.2 Å². The van der Waals surface area contributed by atoms with Gasteiger partial charge in [-0.05, 0) is 42.4 Å². The number of rotatable bonds is 4. The molecule has 29 heavy (non-hydrogen) atoms. The second-order valence-corrected chi connectivity index (χ2v) is 8.39. The summed E-state index contributed by atoms with van der Waals surface area (Å²) in [4.78, 5) is 15.3. The molecule has 3 heterocycles. The highest BCUT2D eigenvalue weighted by atomic mass is 32.2. The van der Waals surface area contributed by atoms with E-state index in [1.165, 1.54) is 33.3 Å². The van der Waals surface area contributed by atoms with Crippen molar-refractivity contribution in [3.05, 3.63) is 88.9 Å². The standard InChI is InChI=1S/C24H24N4S/c1-16-7-3-4-8-18(16)23-22-20(19-9-5-6-10-21(19)27-22)11-12-28(23)15-17-13-25-24(29-2)26-14-17/h3-10,13-14,23,27H,11-12,15H2,1-2H3. The topological polar surface area (TPSA) is 44.8 Å². The highest BCUT2D eigenvalue weighted by molar-refractivity contribution is 7.98. The molecule has 1 N–H and O–H groups in total. The molecule has 0 saturated heterocycles. The molecular formula is C24H24N4S. The molecule has 0 spiro atoms. The summed E-state index contributed by atoms with van der Waals surface area (Å²) < 4.78 is 0. The molecule has 1 aliphatic heterocycles. The van der Waals surface area contributed by atoms with Crippen LogP contribution in [0.25, 0.3) is 10.9 Å². The largest absolute Gasteiger partial charge is 0.357 e.